The summed E-state index contributed by atoms with van der Waals surface area (Å²) in [6, 6.07) is 8.93. The molecule has 2 aromatic carbocycles. The van der Waals surface area contributed by atoms with E-state index in [-0.39, 0.29) is 23.3 Å². The van der Waals surface area contributed by atoms with E-state index < -0.39 is 22.0 Å². The number of carbonyl (C=O) groups is 2. The van der Waals surface area contributed by atoms with Gasteiger partial charge in [0.05, 0.1) is 16.5 Å². The maximum absolute atomic E-state index is 13.5. The molecule has 0 saturated carbocycles. The minimum Gasteiger partial charge on any atom is -0.479 e. The van der Waals surface area contributed by atoms with E-state index >= 15 is 0 Å². The van der Waals surface area contributed by atoms with Gasteiger partial charge >= 0.3 is 0 Å². The summed E-state index contributed by atoms with van der Waals surface area (Å²) in [6.45, 7) is 7.64. The molecule has 0 bridgehead atoms. The number of rotatable bonds is 4. The van der Waals surface area contributed by atoms with Crippen LogP contribution < -0.4 is 15.4 Å². The molecule has 2 aliphatic heterocycles. The van der Waals surface area contributed by atoms with Crippen molar-refractivity contribution in [2.75, 3.05) is 23.7 Å². The van der Waals surface area contributed by atoms with Crippen molar-refractivity contribution in [2.45, 2.75) is 51.5 Å². The van der Waals surface area contributed by atoms with Gasteiger partial charge < -0.3 is 15.4 Å². The summed E-state index contributed by atoms with van der Waals surface area (Å²) >= 11 is 0. The second-order valence-corrected chi connectivity index (χ2v) is 10.8. The summed E-state index contributed by atoms with van der Waals surface area (Å²) in [7, 11) is -3.85. The SMILES string of the molecule is Cc1ccc(C)c(NC(=O)[C@H]2CCCN(S(=O)(=O)c3cc4c(cc3C)NC(=O)[C@@H](C)O4)C2)c1. The molecule has 1 saturated heterocycles. The smallest absolute Gasteiger partial charge is 0.265 e. The molecule has 2 N–H and O–H groups in total. The maximum atomic E-state index is 13.5. The molecule has 0 aromatic heterocycles. The van der Waals surface area contributed by atoms with Crippen molar-refractivity contribution in [1.29, 1.82) is 0 Å². The van der Waals surface area contributed by atoms with Gasteiger partial charge in [0.2, 0.25) is 15.9 Å². The molecular weight excluding hydrogens is 442 g/mol. The fraction of sp³-hybridized carbons (Fsp3) is 0.417. The largest absolute Gasteiger partial charge is 0.479 e. The number of amides is 2. The van der Waals surface area contributed by atoms with E-state index in [1.54, 1.807) is 19.9 Å². The molecule has 2 amide bonds. The van der Waals surface area contributed by atoms with Crippen molar-refractivity contribution < 1.29 is 22.7 Å². The van der Waals surface area contributed by atoms with Crippen molar-refractivity contribution in [3.8, 4) is 5.75 Å². The van der Waals surface area contributed by atoms with E-state index in [9.17, 15) is 18.0 Å². The van der Waals surface area contributed by atoms with Gasteiger partial charge in [-0.2, -0.15) is 4.31 Å². The summed E-state index contributed by atoms with van der Waals surface area (Å²) in [6.07, 6.45) is 0.514. The van der Waals surface area contributed by atoms with Gasteiger partial charge in [0.15, 0.2) is 6.10 Å². The normalized spacial score (nSPS) is 21.0. The van der Waals surface area contributed by atoms with Gasteiger partial charge in [0.1, 0.15) is 5.75 Å². The van der Waals surface area contributed by atoms with Gasteiger partial charge in [-0.25, -0.2) is 8.42 Å². The van der Waals surface area contributed by atoms with Crippen molar-refractivity contribution in [2.24, 2.45) is 5.92 Å². The first-order valence-corrected chi connectivity index (χ1v) is 12.5. The number of carbonyl (C=O) groups excluding carboxylic acids is 2. The molecule has 176 valence electrons. The van der Waals surface area contributed by atoms with Gasteiger partial charge in [0.25, 0.3) is 5.91 Å². The van der Waals surface area contributed by atoms with Crippen LogP contribution in [0, 0.1) is 26.7 Å². The molecule has 2 aliphatic rings. The Kier molecular flexibility index (Phi) is 6.20. The highest BCUT2D eigenvalue weighted by atomic mass is 32.2. The van der Waals surface area contributed by atoms with Crippen LogP contribution in [0.4, 0.5) is 11.4 Å². The lowest BCUT2D eigenvalue weighted by atomic mass is 9.98. The number of ether oxygens (including phenoxy) is 1. The number of nitrogens with one attached hydrogen (secondary N) is 2. The third-order valence-corrected chi connectivity index (χ3v) is 8.24. The van der Waals surface area contributed by atoms with Crippen LogP contribution in [0.2, 0.25) is 0 Å². The predicted molar refractivity (Wildman–Crippen MR) is 126 cm³/mol. The quantitative estimate of drug-likeness (QED) is 0.711. The fourth-order valence-corrected chi connectivity index (χ4v) is 5.99. The van der Waals surface area contributed by atoms with Crippen LogP contribution in [0.3, 0.4) is 0 Å². The number of sulfonamides is 1. The lowest BCUT2D eigenvalue weighted by Crippen LogP contribution is -2.44. The van der Waals surface area contributed by atoms with E-state index in [4.69, 9.17) is 4.74 Å². The van der Waals surface area contributed by atoms with E-state index in [0.29, 0.717) is 36.4 Å². The van der Waals surface area contributed by atoms with Gasteiger partial charge in [-0.3, -0.25) is 9.59 Å². The van der Waals surface area contributed by atoms with Gasteiger partial charge in [-0.1, -0.05) is 12.1 Å². The molecule has 1 fully saturated rings. The zero-order chi connectivity index (χ0) is 23.9. The van der Waals surface area contributed by atoms with E-state index in [0.717, 1.165) is 16.8 Å². The molecule has 0 aliphatic carbocycles. The highest BCUT2D eigenvalue weighted by molar-refractivity contribution is 7.89. The minimum absolute atomic E-state index is 0.115. The standard InChI is InChI=1S/C24H29N3O5S/c1-14-7-8-15(2)19(10-14)25-24(29)18-6-5-9-27(13-18)33(30,31)22-12-21-20(11-16(22)3)26-23(28)17(4)32-21/h7-8,10-12,17-18H,5-6,9,13H2,1-4H3,(H,25,29)(H,26,28)/t17-,18+/m1/s1. The number of hydrogen-bond acceptors (Lipinski definition) is 5. The first-order valence-electron chi connectivity index (χ1n) is 11.1. The predicted octanol–water partition coefficient (Wildman–Crippen LogP) is 3.37. The zero-order valence-electron chi connectivity index (χ0n) is 19.3. The Bertz CT molecular complexity index is 1220. The number of benzene rings is 2. The van der Waals surface area contributed by atoms with Gasteiger partial charge in [-0.05, 0) is 69.4 Å². The lowest BCUT2D eigenvalue weighted by Gasteiger charge is -2.32. The Hall–Kier alpha value is -2.91. The number of fused-ring (bicyclic) bond motifs is 1. The molecule has 8 nitrogen and oxygen atoms in total. The number of piperidine rings is 1. The highest BCUT2D eigenvalue weighted by Crippen LogP contribution is 2.36. The van der Waals surface area contributed by atoms with Crippen molar-refractivity contribution in [1.82, 2.24) is 4.31 Å². The molecular formula is C24H29N3O5S. The Labute approximate surface area is 194 Å². The number of aryl methyl sites for hydroxylation is 3. The number of anilines is 2. The van der Waals surface area contributed by atoms with E-state index in [2.05, 4.69) is 10.6 Å². The van der Waals surface area contributed by atoms with Crippen LogP contribution in [0.5, 0.6) is 5.75 Å². The van der Waals surface area contributed by atoms with E-state index in [1.165, 1.54) is 10.4 Å². The van der Waals surface area contributed by atoms with Crippen molar-refractivity contribution in [3.63, 3.8) is 0 Å². The molecule has 4 rings (SSSR count). The Balaban J connectivity index is 1.55. The molecule has 9 heteroatoms. The first kappa shape index (κ1) is 23.3. The number of hydrogen-bond donors (Lipinski definition) is 2. The molecule has 0 radical (unpaired) electrons. The van der Waals surface area contributed by atoms with Gasteiger partial charge in [0, 0.05) is 24.8 Å². The summed E-state index contributed by atoms with van der Waals surface area (Å²) in [5.74, 6) is -0.564. The van der Waals surface area contributed by atoms with E-state index in [1.807, 2.05) is 32.0 Å². The average molecular weight is 472 g/mol. The van der Waals surface area contributed by atoms with Crippen LogP contribution >= 0.6 is 0 Å². The van der Waals surface area contributed by atoms with Crippen LogP contribution in [-0.2, 0) is 19.6 Å². The third-order valence-electron chi connectivity index (χ3n) is 6.23. The highest BCUT2D eigenvalue weighted by Gasteiger charge is 2.35. The molecule has 0 unspecified atom stereocenters. The van der Waals surface area contributed by atoms with Crippen molar-refractivity contribution in [3.05, 3.63) is 47.0 Å². The summed E-state index contributed by atoms with van der Waals surface area (Å²) < 4.78 is 34.0. The summed E-state index contributed by atoms with van der Waals surface area (Å²) in [5.41, 5.74) is 3.71. The Morgan fingerprint density at radius 1 is 1.15 bits per heavy atom. The maximum Gasteiger partial charge on any atom is 0.265 e. The first-order chi connectivity index (χ1) is 15.6. The summed E-state index contributed by atoms with van der Waals surface area (Å²) in [4.78, 5) is 25.0. The molecule has 2 aromatic rings. The molecule has 0 spiro atoms. The number of nitrogens with zero attached hydrogens (tertiary/aromatic N) is 1. The van der Waals surface area contributed by atoms with Crippen LogP contribution in [0.15, 0.2) is 35.2 Å². The molecule has 2 atom stereocenters. The zero-order valence-corrected chi connectivity index (χ0v) is 20.1. The average Bonchev–Trinajstić information content (AvgIpc) is 2.77. The van der Waals surface area contributed by atoms with Crippen LogP contribution in [-0.4, -0.2) is 43.7 Å². The van der Waals surface area contributed by atoms with Crippen molar-refractivity contribution >= 4 is 33.2 Å². The lowest BCUT2D eigenvalue weighted by molar-refractivity contribution is -0.123. The van der Waals surface area contributed by atoms with Gasteiger partial charge in [-0.15, -0.1) is 0 Å². The Morgan fingerprint density at radius 3 is 2.67 bits per heavy atom. The minimum atomic E-state index is -3.85. The topological polar surface area (TPSA) is 105 Å². The van der Waals surface area contributed by atoms with Crippen LogP contribution in [0.25, 0.3) is 0 Å². The second-order valence-electron chi connectivity index (χ2n) is 8.87. The van der Waals surface area contributed by atoms with Crippen LogP contribution in [0.1, 0.15) is 36.5 Å². The molecule has 2 heterocycles. The monoisotopic (exact) mass is 471 g/mol. The second kappa shape index (κ2) is 8.79. The molecule has 33 heavy (non-hydrogen) atoms. The summed E-state index contributed by atoms with van der Waals surface area (Å²) in [5, 5.41) is 5.71. The fourth-order valence-electron chi connectivity index (χ4n) is 4.24. The Morgan fingerprint density at radius 2 is 1.91 bits per heavy atom. The third kappa shape index (κ3) is 4.60.